The maximum absolute atomic E-state index is 14.2. The van der Waals surface area contributed by atoms with Crippen molar-refractivity contribution < 1.29 is 49.8 Å². The van der Waals surface area contributed by atoms with Crippen molar-refractivity contribution in [2.45, 2.75) is 65.6 Å². The monoisotopic (exact) mass is 933 g/mol. The molecule has 9 N–H and O–H groups in total. The van der Waals surface area contributed by atoms with Gasteiger partial charge in [-0.05, 0) is 68.1 Å². The highest BCUT2D eigenvalue weighted by Gasteiger charge is 2.27. The highest BCUT2D eigenvalue weighted by molar-refractivity contribution is 5.97. The number of azo groups is 2. The van der Waals surface area contributed by atoms with Crippen LogP contribution in [0.1, 0.15) is 104 Å². The van der Waals surface area contributed by atoms with Crippen LogP contribution in [0.15, 0.2) is 71.2 Å². The number of nitriles is 1. The lowest BCUT2D eigenvalue weighted by molar-refractivity contribution is 0.0682. The van der Waals surface area contributed by atoms with Crippen LogP contribution in [-0.4, -0.2) is 85.1 Å². The molecule has 0 amide bonds. The minimum Gasteiger partial charge on any atom is -0.503 e. The standard InChI is InChI=1S/C42H39N13O13/c1-5-7-8-9-28(55-34(58)29(44-4)19(3)30(35(55)59)52-50-26-16-20(36(60)61)10-12-23(26)38(64)65)46-41-47-40(48-42(68)49-41)45-14-15-54-32(56)25(18-43)22(6-2)31(33(54)57)53-51-27-17-21(37(62)63)11-13-24(27)39(66)67/h10-13,16-17,28,56,58H,5-9,14-15H2,1-3H3,(H,60,61)(H,62,63)(H,64,65)(H,66,67)(H3,45,46,47,48,49,68). The summed E-state index contributed by atoms with van der Waals surface area (Å²) in [6.45, 7) is 11.8. The van der Waals surface area contributed by atoms with Crippen LogP contribution in [0.2, 0.25) is 0 Å². The summed E-state index contributed by atoms with van der Waals surface area (Å²) >= 11 is 0. The molecule has 5 rings (SSSR count). The van der Waals surface area contributed by atoms with Gasteiger partial charge in [0.25, 0.3) is 11.1 Å². The van der Waals surface area contributed by atoms with Crippen LogP contribution in [-0.2, 0) is 13.0 Å². The van der Waals surface area contributed by atoms with E-state index in [4.69, 9.17) is 6.57 Å². The number of nitrogens with one attached hydrogen (secondary N) is 3. The molecule has 26 heteroatoms. The van der Waals surface area contributed by atoms with Crippen LogP contribution >= 0.6 is 0 Å². The minimum atomic E-state index is -1.48. The zero-order valence-corrected chi connectivity index (χ0v) is 36.0. The molecule has 0 aliphatic carbocycles. The number of hydrogen-bond acceptors (Lipinski definition) is 18. The van der Waals surface area contributed by atoms with E-state index in [0.717, 1.165) is 45.5 Å². The van der Waals surface area contributed by atoms with E-state index in [1.807, 2.05) is 6.92 Å². The van der Waals surface area contributed by atoms with Gasteiger partial charge in [0.1, 0.15) is 34.9 Å². The first-order valence-corrected chi connectivity index (χ1v) is 20.1. The predicted octanol–water partition coefficient (Wildman–Crippen LogP) is 6.12. The van der Waals surface area contributed by atoms with Crippen molar-refractivity contribution in [3.63, 3.8) is 0 Å². The van der Waals surface area contributed by atoms with E-state index in [9.17, 15) is 69.5 Å². The number of carboxylic acids is 4. The lowest BCUT2D eigenvalue weighted by Crippen LogP contribution is -2.31. The van der Waals surface area contributed by atoms with Crippen LogP contribution in [0.25, 0.3) is 4.85 Å². The van der Waals surface area contributed by atoms with Crippen LogP contribution in [0.4, 0.5) is 40.3 Å². The fraction of sp³-hybridized carbons (Fsp3) is 0.262. The number of H-pyrrole nitrogens is 1. The Hall–Kier alpha value is -9.59. The smallest absolute Gasteiger partial charge is 0.350 e. The van der Waals surface area contributed by atoms with Gasteiger partial charge in [-0.25, -0.2) is 28.8 Å². The first kappa shape index (κ1) is 49.4. The predicted molar refractivity (Wildman–Crippen MR) is 237 cm³/mol. The van der Waals surface area contributed by atoms with Crippen LogP contribution in [0.5, 0.6) is 11.8 Å². The van der Waals surface area contributed by atoms with Gasteiger partial charge in [0.05, 0.1) is 28.8 Å². The number of benzene rings is 2. The summed E-state index contributed by atoms with van der Waals surface area (Å²) in [5, 5.41) is 91.6. The quantitative estimate of drug-likeness (QED) is 0.0241. The van der Waals surface area contributed by atoms with E-state index in [-0.39, 0.29) is 59.1 Å². The molecule has 68 heavy (non-hydrogen) atoms. The van der Waals surface area contributed by atoms with Crippen molar-refractivity contribution in [1.29, 1.82) is 5.26 Å². The molecular formula is C42H39N13O13. The van der Waals surface area contributed by atoms with E-state index < -0.39 is 105 Å². The number of unbranched alkanes of at least 4 members (excludes halogenated alkanes) is 2. The lowest BCUT2D eigenvalue weighted by atomic mass is 10.1. The molecule has 0 bridgehead atoms. The number of hydrogen-bond donors (Lipinski definition) is 9. The molecule has 0 fully saturated rings. The molecule has 350 valence electrons. The van der Waals surface area contributed by atoms with Gasteiger partial charge in [-0.2, -0.15) is 15.2 Å². The molecule has 3 aromatic heterocycles. The summed E-state index contributed by atoms with van der Waals surface area (Å²) in [6, 6.07) is 7.71. The summed E-state index contributed by atoms with van der Waals surface area (Å²) < 4.78 is 1.51. The van der Waals surface area contributed by atoms with Gasteiger partial charge < -0.3 is 41.3 Å². The summed E-state index contributed by atoms with van der Waals surface area (Å²) in [6.07, 6.45) is 0.519. The number of aromatic hydroxyl groups is 2. The first-order valence-electron chi connectivity index (χ1n) is 20.1. The summed E-state index contributed by atoms with van der Waals surface area (Å²) in [5.41, 5.74) is -7.39. The molecule has 26 nitrogen and oxygen atoms in total. The van der Waals surface area contributed by atoms with Gasteiger partial charge in [-0.3, -0.25) is 23.7 Å². The molecular weight excluding hydrogens is 895 g/mol. The van der Waals surface area contributed by atoms with Gasteiger partial charge in [0, 0.05) is 18.7 Å². The van der Waals surface area contributed by atoms with E-state index >= 15 is 0 Å². The maximum atomic E-state index is 14.2. The zero-order valence-electron chi connectivity index (χ0n) is 36.0. The summed E-state index contributed by atoms with van der Waals surface area (Å²) in [5.74, 6) is -8.01. The molecule has 0 saturated carbocycles. The van der Waals surface area contributed by atoms with Gasteiger partial charge in [-0.15, -0.1) is 20.5 Å². The molecule has 0 radical (unpaired) electrons. The minimum absolute atomic E-state index is 0.0241. The van der Waals surface area contributed by atoms with E-state index in [1.54, 1.807) is 13.0 Å². The van der Waals surface area contributed by atoms with Gasteiger partial charge in [-0.1, -0.05) is 26.7 Å². The Bertz CT molecular complexity index is 3200. The van der Waals surface area contributed by atoms with Gasteiger partial charge >= 0.3 is 29.6 Å². The van der Waals surface area contributed by atoms with Crippen LogP contribution in [0, 0.1) is 24.8 Å². The molecule has 1 unspecified atom stereocenters. The number of rotatable bonds is 20. The third-order valence-electron chi connectivity index (χ3n) is 10.1. The first-order chi connectivity index (χ1) is 32.4. The number of anilines is 2. The number of aromatic nitrogens is 5. The molecule has 3 heterocycles. The van der Waals surface area contributed by atoms with Crippen molar-refractivity contribution in [2.24, 2.45) is 20.5 Å². The molecule has 2 aromatic carbocycles. The average Bonchev–Trinajstić information content (AvgIpc) is 3.29. The summed E-state index contributed by atoms with van der Waals surface area (Å²) in [7, 11) is 0. The number of carboxylic acid groups (broad SMARTS) is 4. The Labute approximate surface area is 381 Å². The van der Waals surface area contributed by atoms with E-state index in [2.05, 4.69) is 50.9 Å². The van der Waals surface area contributed by atoms with Crippen LogP contribution < -0.4 is 27.4 Å². The Morgan fingerprint density at radius 1 is 0.838 bits per heavy atom. The van der Waals surface area contributed by atoms with Crippen molar-refractivity contribution in [1.82, 2.24) is 24.1 Å². The highest BCUT2D eigenvalue weighted by atomic mass is 16.4. The zero-order chi connectivity index (χ0) is 50.0. The lowest BCUT2D eigenvalue weighted by Gasteiger charge is -2.24. The van der Waals surface area contributed by atoms with Gasteiger partial charge in [0.2, 0.25) is 23.5 Å². The van der Waals surface area contributed by atoms with Crippen molar-refractivity contribution in [3.05, 3.63) is 118 Å². The number of aromatic amines is 1. The Balaban J connectivity index is 1.50. The second kappa shape index (κ2) is 21.4. The number of aromatic carboxylic acids is 4. The fourth-order valence-corrected chi connectivity index (χ4v) is 6.71. The van der Waals surface area contributed by atoms with Gasteiger partial charge in [0.15, 0.2) is 11.6 Å². The van der Waals surface area contributed by atoms with E-state index in [1.165, 1.54) is 6.92 Å². The molecule has 0 aliphatic rings. The summed E-state index contributed by atoms with van der Waals surface area (Å²) in [4.78, 5) is 101. The molecule has 0 aliphatic heterocycles. The maximum Gasteiger partial charge on any atom is 0.350 e. The highest BCUT2D eigenvalue weighted by Crippen LogP contribution is 2.38. The number of nitrogens with zero attached hydrogens (tertiary/aromatic N) is 10. The third kappa shape index (κ3) is 10.7. The number of pyridine rings is 2. The largest absolute Gasteiger partial charge is 0.503 e. The van der Waals surface area contributed by atoms with Crippen molar-refractivity contribution in [3.8, 4) is 17.8 Å². The molecule has 0 saturated heterocycles. The second-order valence-corrected chi connectivity index (χ2v) is 14.4. The topological polar surface area (TPSA) is 394 Å². The van der Waals surface area contributed by atoms with Crippen molar-refractivity contribution >= 4 is 64.2 Å². The fourth-order valence-electron chi connectivity index (χ4n) is 6.71. The average molecular weight is 934 g/mol. The molecule has 0 spiro atoms. The normalized spacial score (nSPS) is 11.5. The van der Waals surface area contributed by atoms with Crippen molar-refractivity contribution in [2.75, 3.05) is 17.2 Å². The molecule has 5 aromatic rings. The number of carbonyl (C=O) groups is 4. The van der Waals surface area contributed by atoms with Crippen LogP contribution in [0.3, 0.4) is 0 Å². The Morgan fingerprint density at radius 3 is 1.94 bits per heavy atom. The van der Waals surface area contributed by atoms with E-state index in [0.29, 0.717) is 19.3 Å². The second-order valence-electron chi connectivity index (χ2n) is 14.4. The SMILES string of the molecule is [C-]#[N+]c1c(C)c(N=Nc2cc(C(=O)O)ccc2C(=O)O)c(=O)n(C(CCCCC)Nc2nc(NCCn3c(O)c(C#N)c(CC)c(N=Nc4cc(C(=O)O)ccc4C(=O)O)c3=O)nc(=O)[nH]2)c1O. The Morgan fingerprint density at radius 2 is 1.43 bits per heavy atom. The Kier molecular flexibility index (Phi) is 15.5. The molecule has 1 atom stereocenters. The third-order valence-corrected chi connectivity index (χ3v) is 10.1.